The molecule has 0 unspecified atom stereocenters. The van der Waals surface area contributed by atoms with Crippen LogP contribution in [0.15, 0.2) is 18.2 Å². The number of anilines is 1. The highest BCUT2D eigenvalue weighted by Gasteiger charge is 2.05. The van der Waals surface area contributed by atoms with Gasteiger partial charge < -0.3 is 10.2 Å². The molecular weight excluding hydrogens is 254 g/mol. The first kappa shape index (κ1) is 12.6. The summed E-state index contributed by atoms with van der Waals surface area (Å²) in [6.07, 6.45) is 1.11. The van der Waals surface area contributed by atoms with Gasteiger partial charge >= 0.3 is 0 Å². The molecule has 0 amide bonds. The molecule has 0 aliphatic carbocycles. The Morgan fingerprint density at radius 2 is 2.24 bits per heavy atom. The first-order chi connectivity index (χ1) is 8.16. The number of aromatic nitrogens is 1. The number of hydrogen-bond donors (Lipinski definition) is 1. The van der Waals surface area contributed by atoms with Gasteiger partial charge in [0.05, 0.1) is 15.2 Å². The van der Waals surface area contributed by atoms with E-state index in [1.165, 1.54) is 0 Å². The Labute approximate surface area is 110 Å². The zero-order chi connectivity index (χ0) is 12.3. The Morgan fingerprint density at radius 1 is 1.41 bits per heavy atom. The standard InChI is InChI=1S/C12H16ClN3S/c1-16(2)8-4-7-14-12-15-10-6-3-5-9(13)11(10)17-12/h3,5-6H,4,7-8H2,1-2H3,(H,14,15). The molecule has 1 N–H and O–H groups in total. The molecule has 0 spiro atoms. The topological polar surface area (TPSA) is 28.2 Å². The van der Waals surface area contributed by atoms with Gasteiger partial charge in [-0.25, -0.2) is 4.98 Å². The Morgan fingerprint density at radius 3 is 2.94 bits per heavy atom. The summed E-state index contributed by atoms with van der Waals surface area (Å²) < 4.78 is 1.06. The van der Waals surface area contributed by atoms with Gasteiger partial charge in [-0.2, -0.15) is 0 Å². The number of hydrogen-bond acceptors (Lipinski definition) is 4. The summed E-state index contributed by atoms with van der Waals surface area (Å²) in [6.45, 7) is 2.02. The maximum absolute atomic E-state index is 6.11. The lowest BCUT2D eigenvalue weighted by molar-refractivity contribution is 0.405. The van der Waals surface area contributed by atoms with Crippen molar-refractivity contribution in [1.82, 2.24) is 9.88 Å². The van der Waals surface area contributed by atoms with E-state index in [4.69, 9.17) is 11.6 Å². The Bertz CT molecular complexity index is 495. The van der Waals surface area contributed by atoms with Crippen LogP contribution in [-0.2, 0) is 0 Å². The minimum atomic E-state index is 0.779. The van der Waals surface area contributed by atoms with E-state index in [-0.39, 0.29) is 0 Å². The molecule has 0 atom stereocenters. The van der Waals surface area contributed by atoms with Gasteiger partial charge in [-0.3, -0.25) is 0 Å². The monoisotopic (exact) mass is 269 g/mol. The number of nitrogens with one attached hydrogen (secondary N) is 1. The first-order valence-electron chi connectivity index (χ1n) is 5.60. The molecular formula is C12H16ClN3S. The summed E-state index contributed by atoms with van der Waals surface area (Å²) in [5.74, 6) is 0. The third kappa shape index (κ3) is 3.31. The van der Waals surface area contributed by atoms with Gasteiger partial charge in [0.2, 0.25) is 0 Å². The van der Waals surface area contributed by atoms with Crippen molar-refractivity contribution in [1.29, 1.82) is 0 Å². The van der Waals surface area contributed by atoms with Crippen LogP contribution in [0.2, 0.25) is 5.02 Å². The molecule has 0 fully saturated rings. The van der Waals surface area contributed by atoms with Crippen LogP contribution in [0.5, 0.6) is 0 Å². The molecule has 0 saturated carbocycles. The predicted octanol–water partition coefficient (Wildman–Crippen LogP) is 3.31. The molecule has 1 aromatic heterocycles. The maximum Gasteiger partial charge on any atom is 0.183 e. The summed E-state index contributed by atoms with van der Waals surface area (Å²) in [5, 5.41) is 5.07. The van der Waals surface area contributed by atoms with E-state index in [9.17, 15) is 0 Å². The van der Waals surface area contributed by atoms with Crippen LogP contribution in [0.1, 0.15) is 6.42 Å². The number of rotatable bonds is 5. The van der Waals surface area contributed by atoms with Crippen LogP contribution < -0.4 is 5.32 Å². The minimum absolute atomic E-state index is 0.779. The third-order valence-corrected chi connectivity index (χ3v) is 3.91. The number of halogens is 1. The summed E-state index contributed by atoms with van der Waals surface area (Å²) in [6, 6.07) is 5.82. The average molecular weight is 270 g/mol. The molecule has 2 rings (SSSR count). The predicted molar refractivity (Wildman–Crippen MR) is 76.3 cm³/mol. The lowest BCUT2D eigenvalue weighted by Crippen LogP contribution is -2.16. The SMILES string of the molecule is CN(C)CCCNc1nc2cccc(Cl)c2s1. The normalized spacial score (nSPS) is 11.3. The van der Waals surface area contributed by atoms with Crippen molar-refractivity contribution in [3.8, 4) is 0 Å². The van der Waals surface area contributed by atoms with Crippen LogP contribution in [-0.4, -0.2) is 37.1 Å². The second-order valence-electron chi connectivity index (χ2n) is 4.19. The van der Waals surface area contributed by atoms with Crippen molar-refractivity contribution in [3.05, 3.63) is 23.2 Å². The second kappa shape index (κ2) is 5.67. The number of fused-ring (bicyclic) bond motifs is 1. The Hall–Kier alpha value is -0.840. The molecule has 0 radical (unpaired) electrons. The molecule has 1 aromatic carbocycles. The lowest BCUT2D eigenvalue weighted by atomic mass is 10.3. The van der Waals surface area contributed by atoms with Crippen LogP contribution in [0.3, 0.4) is 0 Å². The summed E-state index contributed by atoms with van der Waals surface area (Å²) >= 11 is 7.72. The number of thiazole rings is 1. The van der Waals surface area contributed by atoms with Crippen LogP contribution in [0.4, 0.5) is 5.13 Å². The van der Waals surface area contributed by atoms with Gasteiger partial charge in [-0.05, 0) is 39.2 Å². The fraction of sp³-hybridized carbons (Fsp3) is 0.417. The van der Waals surface area contributed by atoms with Crippen molar-refractivity contribution in [2.45, 2.75) is 6.42 Å². The highest BCUT2D eigenvalue weighted by molar-refractivity contribution is 7.22. The van der Waals surface area contributed by atoms with E-state index in [0.29, 0.717) is 0 Å². The number of nitrogens with zero attached hydrogens (tertiary/aromatic N) is 2. The Balaban J connectivity index is 1.98. The van der Waals surface area contributed by atoms with Crippen LogP contribution >= 0.6 is 22.9 Å². The van der Waals surface area contributed by atoms with E-state index in [1.807, 2.05) is 18.2 Å². The maximum atomic E-state index is 6.11. The van der Waals surface area contributed by atoms with E-state index in [2.05, 4.69) is 29.3 Å². The van der Waals surface area contributed by atoms with Gasteiger partial charge in [0.1, 0.15) is 0 Å². The molecule has 17 heavy (non-hydrogen) atoms. The zero-order valence-corrected chi connectivity index (χ0v) is 11.6. The Kier molecular flexibility index (Phi) is 4.20. The fourth-order valence-electron chi connectivity index (χ4n) is 1.58. The lowest BCUT2D eigenvalue weighted by Gasteiger charge is -2.08. The molecule has 0 bridgehead atoms. The van der Waals surface area contributed by atoms with Crippen LogP contribution in [0, 0.1) is 0 Å². The van der Waals surface area contributed by atoms with Crippen molar-refractivity contribution in [3.63, 3.8) is 0 Å². The van der Waals surface area contributed by atoms with Crippen molar-refractivity contribution < 1.29 is 0 Å². The molecule has 0 saturated heterocycles. The largest absolute Gasteiger partial charge is 0.361 e. The molecule has 0 aliphatic heterocycles. The van der Waals surface area contributed by atoms with E-state index in [0.717, 1.165) is 39.9 Å². The summed E-state index contributed by atoms with van der Waals surface area (Å²) in [4.78, 5) is 6.68. The molecule has 2 aromatic rings. The quantitative estimate of drug-likeness (QED) is 0.844. The fourth-order valence-corrected chi connectivity index (χ4v) is 2.76. The minimum Gasteiger partial charge on any atom is -0.361 e. The van der Waals surface area contributed by atoms with Crippen LogP contribution in [0.25, 0.3) is 10.2 Å². The number of benzene rings is 1. The van der Waals surface area contributed by atoms with Gasteiger partial charge in [0.25, 0.3) is 0 Å². The van der Waals surface area contributed by atoms with Crippen molar-refractivity contribution >= 4 is 38.3 Å². The first-order valence-corrected chi connectivity index (χ1v) is 6.80. The van der Waals surface area contributed by atoms with Gasteiger partial charge in [0.15, 0.2) is 5.13 Å². The van der Waals surface area contributed by atoms with E-state index >= 15 is 0 Å². The highest BCUT2D eigenvalue weighted by Crippen LogP contribution is 2.31. The molecule has 3 nitrogen and oxygen atoms in total. The van der Waals surface area contributed by atoms with Gasteiger partial charge in [-0.15, -0.1) is 0 Å². The second-order valence-corrected chi connectivity index (χ2v) is 5.60. The molecule has 1 heterocycles. The highest BCUT2D eigenvalue weighted by atomic mass is 35.5. The third-order valence-electron chi connectivity index (χ3n) is 2.43. The van der Waals surface area contributed by atoms with E-state index < -0.39 is 0 Å². The smallest absolute Gasteiger partial charge is 0.183 e. The van der Waals surface area contributed by atoms with Crippen molar-refractivity contribution in [2.75, 3.05) is 32.5 Å². The summed E-state index contributed by atoms with van der Waals surface area (Å²) in [5.41, 5.74) is 0.970. The van der Waals surface area contributed by atoms with Gasteiger partial charge in [0, 0.05) is 6.54 Å². The molecule has 92 valence electrons. The molecule has 5 heteroatoms. The average Bonchev–Trinajstić information content (AvgIpc) is 2.69. The van der Waals surface area contributed by atoms with E-state index in [1.54, 1.807) is 11.3 Å². The van der Waals surface area contributed by atoms with Crippen molar-refractivity contribution in [2.24, 2.45) is 0 Å². The summed E-state index contributed by atoms with van der Waals surface area (Å²) in [7, 11) is 4.16. The zero-order valence-electron chi connectivity index (χ0n) is 10.0. The molecule has 0 aliphatic rings. The van der Waals surface area contributed by atoms with Gasteiger partial charge in [-0.1, -0.05) is 29.0 Å².